The molecule has 0 saturated carbocycles. The standard InChI is InChI=1S/C27H35ClN4OS.C2H6/c1-19(2)16-24-26(22-11-10-20(3)23(28)17-22)30-27(34-24)32(18-21-8-6-5-7-9-21)14-12-25(33)31(4)15-13-29;1-2/h5-11,17,19H,12-16,18,29H2,1-4H3;1-2H3. The van der Waals surface area contributed by atoms with Gasteiger partial charge in [-0.15, -0.1) is 11.3 Å². The summed E-state index contributed by atoms with van der Waals surface area (Å²) in [6.07, 6.45) is 1.35. The van der Waals surface area contributed by atoms with Crippen molar-refractivity contribution in [3.63, 3.8) is 0 Å². The molecular formula is C29H41ClN4OS. The number of hydrogen-bond acceptors (Lipinski definition) is 5. The van der Waals surface area contributed by atoms with E-state index < -0.39 is 0 Å². The molecule has 0 fully saturated rings. The molecule has 0 unspecified atom stereocenters. The van der Waals surface area contributed by atoms with Gasteiger partial charge in [0.05, 0.1) is 5.69 Å². The largest absolute Gasteiger partial charge is 0.344 e. The zero-order chi connectivity index (χ0) is 26.7. The lowest BCUT2D eigenvalue weighted by atomic mass is 10.0. The molecule has 1 heterocycles. The Kier molecular flexibility index (Phi) is 12.4. The molecule has 0 spiro atoms. The molecule has 0 aliphatic heterocycles. The number of carbonyl (C=O) groups excluding carboxylic acids is 1. The molecule has 0 bridgehead atoms. The summed E-state index contributed by atoms with van der Waals surface area (Å²) >= 11 is 8.17. The summed E-state index contributed by atoms with van der Waals surface area (Å²) in [4.78, 5) is 22.9. The quantitative estimate of drug-likeness (QED) is 0.297. The van der Waals surface area contributed by atoms with Crippen molar-refractivity contribution in [1.29, 1.82) is 0 Å². The number of aryl methyl sites for hydroxylation is 1. The summed E-state index contributed by atoms with van der Waals surface area (Å²) in [5.74, 6) is 0.593. The minimum Gasteiger partial charge on any atom is -0.344 e. The number of rotatable bonds is 11. The molecule has 3 aromatic rings. The van der Waals surface area contributed by atoms with Gasteiger partial charge in [-0.1, -0.05) is 81.8 Å². The molecule has 0 radical (unpaired) electrons. The highest BCUT2D eigenvalue weighted by Gasteiger charge is 2.20. The van der Waals surface area contributed by atoms with Crippen molar-refractivity contribution < 1.29 is 4.79 Å². The van der Waals surface area contributed by atoms with Crippen molar-refractivity contribution >= 4 is 34.0 Å². The number of aromatic nitrogens is 1. The van der Waals surface area contributed by atoms with Gasteiger partial charge in [0.25, 0.3) is 0 Å². The number of carbonyl (C=O) groups is 1. The van der Waals surface area contributed by atoms with Crippen LogP contribution in [0.15, 0.2) is 48.5 Å². The van der Waals surface area contributed by atoms with E-state index in [1.165, 1.54) is 10.4 Å². The molecule has 2 N–H and O–H groups in total. The van der Waals surface area contributed by atoms with Crippen molar-refractivity contribution in [2.75, 3.05) is 31.6 Å². The normalized spacial score (nSPS) is 10.7. The summed E-state index contributed by atoms with van der Waals surface area (Å²) in [7, 11) is 1.81. The molecule has 0 saturated heterocycles. The van der Waals surface area contributed by atoms with E-state index in [0.29, 0.717) is 38.5 Å². The molecule has 3 rings (SSSR count). The molecule has 0 atom stereocenters. The maximum absolute atomic E-state index is 12.6. The Morgan fingerprint density at radius 1 is 1.11 bits per heavy atom. The highest BCUT2D eigenvalue weighted by Crippen LogP contribution is 2.36. The van der Waals surface area contributed by atoms with Gasteiger partial charge in [0.2, 0.25) is 5.91 Å². The van der Waals surface area contributed by atoms with E-state index in [0.717, 1.165) is 33.4 Å². The van der Waals surface area contributed by atoms with Gasteiger partial charge in [0.15, 0.2) is 5.13 Å². The molecule has 196 valence electrons. The average molecular weight is 529 g/mol. The predicted octanol–water partition coefficient (Wildman–Crippen LogP) is 6.81. The number of thiazole rings is 1. The molecule has 36 heavy (non-hydrogen) atoms. The van der Waals surface area contributed by atoms with Crippen LogP contribution in [-0.4, -0.2) is 42.5 Å². The number of hydrogen-bond donors (Lipinski definition) is 1. The molecule has 0 aliphatic carbocycles. The minimum absolute atomic E-state index is 0.0908. The Labute approximate surface area is 226 Å². The van der Waals surface area contributed by atoms with Crippen LogP contribution in [0, 0.1) is 12.8 Å². The second kappa shape index (κ2) is 15.0. The highest BCUT2D eigenvalue weighted by atomic mass is 35.5. The van der Waals surface area contributed by atoms with Gasteiger partial charge in [-0.05, 0) is 36.5 Å². The van der Waals surface area contributed by atoms with Crippen molar-refractivity contribution in [3.05, 3.63) is 69.6 Å². The van der Waals surface area contributed by atoms with E-state index in [1.807, 2.05) is 51.1 Å². The molecule has 2 aromatic carbocycles. The van der Waals surface area contributed by atoms with Gasteiger partial charge in [-0.25, -0.2) is 4.98 Å². The number of halogens is 1. The minimum atomic E-state index is 0.0908. The predicted molar refractivity (Wildman–Crippen MR) is 156 cm³/mol. The van der Waals surface area contributed by atoms with E-state index in [-0.39, 0.29) is 5.91 Å². The van der Waals surface area contributed by atoms with Crippen molar-refractivity contribution in [2.45, 2.75) is 54.0 Å². The maximum atomic E-state index is 12.6. The smallest absolute Gasteiger partial charge is 0.224 e. The summed E-state index contributed by atoms with van der Waals surface area (Å²) in [6, 6.07) is 16.5. The fourth-order valence-corrected chi connectivity index (χ4v) is 5.24. The van der Waals surface area contributed by atoms with Crippen LogP contribution in [0.25, 0.3) is 11.3 Å². The first-order valence-electron chi connectivity index (χ1n) is 12.8. The number of likely N-dealkylation sites (N-methyl/N-ethyl adjacent to an activating group) is 1. The molecule has 0 aliphatic rings. The third-order valence-electron chi connectivity index (χ3n) is 5.70. The first kappa shape index (κ1) is 29.8. The molecule has 1 amide bonds. The zero-order valence-corrected chi connectivity index (χ0v) is 24.1. The monoisotopic (exact) mass is 528 g/mol. The number of amides is 1. The second-order valence-corrected chi connectivity index (χ2v) is 10.6. The van der Waals surface area contributed by atoms with Crippen LogP contribution in [0.2, 0.25) is 5.02 Å². The first-order chi connectivity index (χ1) is 17.3. The van der Waals surface area contributed by atoms with E-state index in [1.54, 1.807) is 23.3 Å². The number of anilines is 1. The van der Waals surface area contributed by atoms with Crippen LogP contribution >= 0.6 is 22.9 Å². The highest BCUT2D eigenvalue weighted by molar-refractivity contribution is 7.16. The van der Waals surface area contributed by atoms with Crippen molar-refractivity contribution in [2.24, 2.45) is 11.7 Å². The third kappa shape index (κ3) is 8.61. The summed E-state index contributed by atoms with van der Waals surface area (Å²) < 4.78 is 0. The van der Waals surface area contributed by atoms with Gasteiger partial charge in [0.1, 0.15) is 0 Å². The van der Waals surface area contributed by atoms with E-state index in [4.69, 9.17) is 22.3 Å². The van der Waals surface area contributed by atoms with Crippen LogP contribution in [0.3, 0.4) is 0 Å². The van der Waals surface area contributed by atoms with E-state index in [9.17, 15) is 4.79 Å². The molecule has 1 aromatic heterocycles. The fourth-order valence-electron chi connectivity index (χ4n) is 3.74. The fraction of sp³-hybridized carbons (Fsp3) is 0.448. The number of benzene rings is 2. The molecule has 5 nitrogen and oxygen atoms in total. The van der Waals surface area contributed by atoms with Crippen molar-refractivity contribution in [1.82, 2.24) is 9.88 Å². The number of nitrogens with zero attached hydrogens (tertiary/aromatic N) is 3. The van der Waals surface area contributed by atoms with Crippen LogP contribution in [-0.2, 0) is 17.8 Å². The average Bonchev–Trinajstić information content (AvgIpc) is 3.28. The second-order valence-electron chi connectivity index (χ2n) is 9.09. The first-order valence-corrected chi connectivity index (χ1v) is 14.0. The lowest BCUT2D eigenvalue weighted by Gasteiger charge is -2.23. The SMILES string of the molecule is CC.Cc1ccc(-c2nc(N(CCC(=O)N(C)CCN)Cc3ccccc3)sc2CC(C)C)cc1Cl. The molecular weight excluding hydrogens is 488 g/mol. The zero-order valence-electron chi connectivity index (χ0n) is 22.6. The summed E-state index contributed by atoms with van der Waals surface area (Å²) in [5, 5.41) is 1.68. The summed E-state index contributed by atoms with van der Waals surface area (Å²) in [5.41, 5.74) is 9.89. The Hall–Kier alpha value is -2.41. The third-order valence-corrected chi connectivity index (χ3v) is 7.24. The lowest BCUT2D eigenvalue weighted by Crippen LogP contribution is -2.34. The van der Waals surface area contributed by atoms with Gasteiger partial charge >= 0.3 is 0 Å². The van der Waals surface area contributed by atoms with Crippen LogP contribution in [0.5, 0.6) is 0 Å². The molecule has 7 heteroatoms. The van der Waals surface area contributed by atoms with E-state index >= 15 is 0 Å². The summed E-state index contributed by atoms with van der Waals surface area (Å²) in [6.45, 7) is 12.8. The topological polar surface area (TPSA) is 62.5 Å². The lowest BCUT2D eigenvalue weighted by molar-refractivity contribution is -0.129. The maximum Gasteiger partial charge on any atom is 0.224 e. The van der Waals surface area contributed by atoms with Gasteiger partial charge < -0.3 is 15.5 Å². The van der Waals surface area contributed by atoms with Crippen molar-refractivity contribution in [3.8, 4) is 11.3 Å². The Balaban J connectivity index is 0.00000222. The van der Waals surface area contributed by atoms with Crippen LogP contribution < -0.4 is 10.6 Å². The van der Waals surface area contributed by atoms with E-state index in [2.05, 4.69) is 36.9 Å². The van der Waals surface area contributed by atoms with Crippen LogP contribution in [0.4, 0.5) is 5.13 Å². The van der Waals surface area contributed by atoms with Gasteiger partial charge in [-0.2, -0.15) is 0 Å². The van der Waals surface area contributed by atoms with Gasteiger partial charge in [0, 0.05) is 55.1 Å². The number of nitrogens with two attached hydrogens (primary N) is 1. The van der Waals surface area contributed by atoms with Crippen LogP contribution in [0.1, 0.15) is 50.1 Å². The Morgan fingerprint density at radius 2 is 1.81 bits per heavy atom. The Bertz CT molecular complexity index is 1080. The Morgan fingerprint density at radius 3 is 2.42 bits per heavy atom. The van der Waals surface area contributed by atoms with Gasteiger partial charge in [-0.3, -0.25) is 4.79 Å².